The zero-order valence-electron chi connectivity index (χ0n) is 18.0. The van der Waals surface area contributed by atoms with Gasteiger partial charge in [0.1, 0.15) is 11.9 Å². The molecular weight excluding hydrogens is 423 g/mol. The van der Waals surface area contributed by atoms with Crippen molar-refractivity contribution in [1.82, 2.24) is 9.47 Å². The number of aliphatic hydroxyl groups excluding tert-OH is 1. The van der Waals surface area contributed by atoms with Crippen LogP contribution in [0.15, 0.2) is 71.5 Å². The molecule has 2 N–H and O–H groups in total. The molecule has 1 aromatic heterocycles. The fraction of sp³-hybridized carbons (Fsp3) is 0.308. The van der Waals surface area contributed by atoms with Crippen LogP contribution in [0.2, 0.25) is 0 Å². The van der Waals surface area contributed by atoms with Crippen LogP contribution in [-0.2, 0) is 17.8 Å². The van der Waals surface area contributed by atoms with Gasteiger partial charge in [-0.25, -0.2) is 4.39 Å². The lowest BCUT2D eigenvalue weighted by atomic mass is 9.88. The fourth-order valence-corrected chi connectivity index (χ4v) is 5.60. The number of halogens is 1. The third-order valence-corrected chi connectivity index (χ3v) is 7.10. The molecule has 2 aromatic carbocycles. The van der Waals surface area contributed by atoms with Crippen LogP contribution in [0.3, 0.4) is 0 Å². The normalized spacial score (nSPS) is 23.9. The Bertz CT molecular complexity index is 1230. The fourth-order valence-electron chi connectivity index (χ4n) is 5.60. The first-order chi connectivity index (χ1) is 16.0. The molecule has 0 radical (unpaired) electrons. The number of benzene rings is 2. The summed E-state index contributed by atoms with van der Waals surface area (Å²) in [6.45, 7) is 0.602. The van der Waals surface area contributed by atoms with E-state index in [1.165, 1.54) is 12.1 Å². The van der Waals surface area contributed by atoms with Gasteiger partial charge in [0.15, 0.2) is 0 Å². The van der Waals surface area contributed by atoms with Gasteiger partial charge in [0.2, 0.25) is 0 Å². The Kier molecular flexibility index (Phi) is 5.60. The number of carbonyl (C=O) groups is 1. The highest BCUT2D eigenvalue weighted by molar-refractivity contribution is 5.75. The van der Waals surface area contributed by atoms with Crippen molar-refractivity contribution in [3.05, 3.63) is 94.2 Å². The zero-order chi connectivity index (χ0) is 23.1. The number of carboxylic acid groups (broad SMARTS) is 1. The monoisotopic (exact) mass is 448 g/mol. The highest BCUT2D eigenvalue weighted by atomic mass is 19.1. The van der Waals surface area contributed by atoms with Crippen LogP contribution in [0, 0.1) is 17.7 Å². The molecule has 2 aliphatic heterocycles. The van der Waals surface area contributed by atoms with E-state index in [4.69, 9.17) is 0 Å². The number of carboxylic acids is 1. The molecule has 0 spiro atoms. The first-order valence-corrected chi connectivity index (χ1v) is 11.1. The maximum Gasteiger partial charge on any atom is 0.321 e. The van der Waals surface area contributed by atoms with E-state index >= 15 is 0 Å². The van der Waals surface area contributed by atoms with Gasteiger partial charge in [-0.05, 0) is 41.8 Å². The Hall–Kier alpha value is -3.29. The number of pyridine rings is 1. The summed E-state index contributed by atoms with van der Waals surface area (Å²) < 4.78 is 15.0. The number of aliphatic hydroxyl groups is 1. The van der Waals surface area contributed by atoms with Gasteiger partial charge in [0.05, 0.1) is 6.04 Å². The highest BCUT2D eigenvalue weighted by Crippen LogP contribution is 2.49. The number of likely N-dealkylation sites (tertiary alicyclic amines) is 1. The van der Waals surface area contributed by atoms with E-state index < -0.39 is 17.9 Å². The van der Waals surface area contributed by atoms with Crippen molar-refractivity contribution in [3.63, 3.8) is 0 Å². The van der Waals surface area contributed by atoms with Gasteiger partial charge < -0.3 is 14.8 Å². The average molecular weight is 448 g/mol. The molecule has 5 rings (SSSR count). The Balaban J connectivity index is 1.53. The molecule has 0 saturated carbocycles. The summed E-state index contributed by atoms with van der Waals surface area (Å²) in [7, 11) is 0. The molecular formula is C26H25FN2O4. The summed E-state index contributed by atoms with van der Waals surface area (Å²) in [6, 6.07) is 18.2. The smallest absolute Gasteiger partial charge is 0.321 e. The van der Waals surface area contributed by atoms with Crippen LogP contribution in [0.25, 0.3) is 11.1 Å². The molecule has 33 heavy (non-hydrogen) atoms. The van der Waals surface area contributed by atoms with E-state index in [1.54, 1.807) is 22.8 Å². The van der Waals surface area contributed by atoms with E-state index in [0.29, 0.717) is 30.6 Å². The summed E-state index contributed by atoms with van der Waals surface area (Å²) in [5.41, 5.74) is 2.81. The maximum absolute atomic E-state index is 13.3. The summed E-state index contributed by atoms with van der Waals surface area (Å²) in [5, 5.41) is 20.1. The molecule has 1 saturated heterocycles. The Morgan fingerprint density at radius 1 is 1.03 bits per heavy atom. The predicted octanol–water partition coefficient (Wildman–Crippen LogP) is 2.95. The second-order valence-electron chi connectivity index (χ2n) is 8.81. The van der Waals surface area contributed by atoms with Crippen molar-refractivity contribution in [2.45, 2.75) is 25.0 Å². The van der Waals surface area contributed by atoms with Gasteiger partial charge in [0.25, 0.3) is 5.56 Å². The second kappa shape index (κ2) is 8.57. The predicted molar refractivity (Wildman–Crippen MR) is 121 cm³/mol. The number of nitrogens with zero attached hydrogens (tertiary/aromatic N) is 2. The Labute approximate surface area is 190 Å². The van der Waals surface area contributed by atoms with Crippen LogP contribution in [0.1, 0.15) is 17.3 Å². The van der Waals surface area contributed by atoms with Crippen molar-refractivity contribution < 1.29 is 19.4 Å². The molecule has 0 unspecified atom stereocenters. The summed E-state index contributed by atoms with van der Waals surface area (Å²) in [6.07, 6.45) is 0.671. The average Bonchev–Trinajstić information content (AvgIpc) is 3.34. The highest BCUT2D eigenvalue weighted by Gasteiger charge is 2.55. The molecule has 4 atom stereocenters. The minimum atomic E-state index is -0.951. The number of hydrogen-bond acceptors (Lipinski definition) is 4. The summed E-state index contributed by atoms with van der Waals surface area (Å²) >= 11 is 0. The van der Waals surface area contributed by atoms with Crippen molar-refractivity contribution in [2.24, 2.45) is 11.8 Å². The second-order valence-corrected chi connectivity index (χ2v) is 8.81. The van der Waals surface area contributed by atoms with Gasteiger partial charge in [-0.3, -0.25) is 14.5 Å². The molecule has 3 aromatic rings. The first kappa shape index (κ1) is 21.6. The maximum atomic E-state index is 13.3. The lowest BCUT2D eigenvalue weighted by Gasteiger charge is -2.29. The molecule has 0 bridgehead atoms. The van der Waals surface area contributed by atoms with Crippen LogP contribution in [-0.4, -0.2) is 44.8 Å². The van der Waals surface area contributed by atoms with E-state index in [0.717, 1.165) is 11.3 Å². The molecule has 6 nitrogen and oxygen atoms in total. The SMILES string of the molecule is O=C(O)[C@H]1[C@H](CO)[C@H]2Cn3c(ccc(-c4ccc(F)cc4)c3=O)[C@H]2N1CCc1ccccc1. The van der Waals surface area contributed by atoms with Crippen molar-refractivity contribution in [1.29, 1.82) is 0 Å². The largest absolute Gasteiger partial charge is 0.480 e. The zero-order valence-corrected chi connectivity index (χ0v) is 18.0. The Morgan fingerprint density at radius 3 is 2.42 bits per heavy atom. The van der Waals surface area contributed by atoms with E-state index in [9.17, 15) is 24.2 Å². The number of fused-ring (bicyclic) bond motifs is 3. The van der Waals surface area contributed by atoms with Crippen LogP contribution in [0.5, 0.6) is 0 Å². The molecule has 0 aliphatic carbocycles. The van der Waals surface area contributed by atoms with Gasteiger partial charge in [-0.15, -0.1) is 0 Å². The lowest BCUT2D eigenvalue weighted by molar-refractivity contribution is -0.144. The standard InChI is InChI=1S/C26H25FN2O4/c27-18-8-6-17(7-9-18)19-10-11-22-23-20(14-29(22)25(19)31)21(15-30)24(26(32)33)28(23)13-12-16-4-2-1-3-5-16/h1-11,20-21,23-24,30H,12-15H2,(H,32,33)/t20-,21-,23+,24-/m1/s1. The topological polar surface area (TPSA) is 82.8 Å². The summed E-state index contributed by atoms with van der Waals surface area (Å²) in [4.78, 5) is 27.5. The van der Waals surface area contributed by atoms with Gasteiger partial charge in [0, 0.05) is 42.8 Å². The van der Waals surface area contributed by atoms with Crippen LogP contribution >= 0.6 is 0 Å². The van der Waals surface area contributed by atoms with Crippen LogP contribution in [0.4, 0.5) is 4.39 Å². The Morgan fingerprint density at radius 2 is 1.76 bits per heavy atom. The number of rotatable bonds is 6. The third kappa shape index (κ3) is 3.67. The van der Waals surface area contributed by atoms with E-state index in [-0.39, 0.29) is 29.9 Å². The molecule has 0 amide bonds. The minimum Gasteiger partial charge on any atom is -0.480 e. The third-order valence-electron chi connectivity index (χ3n) is 7.10. The van der Waals surface area contributed by atoms with Crippen molar-refractivity contribution >= 4 is 5.97 Å². The summed E-state index contributed by atoms with van der Waals surface area (Å²) in [5.74, 6) is -1.97. The molecule has 1 fully saturated rings. The number of aliphatic carboxylic acids is 1. The minimum absolute atomic E-state index is 0.178. The van der Waals surface area contributed by atoms with Gasteiger partial charge in [-0.1, -0.05) is 42.5 Å². The lowest BCUT2D eigenvalue weighted by Crippen LogP contribution is -2.43. The molecule has 170 valence electrons. The number of aromatic nitrogens is 1. The molecule has 3 heterocycles. The van der Waals surface area contributed by atoms with E-state index in [1.807, 2.05) is 41.3 Å². The molecule has 2 aliphatic rings. The van der Waals surface area contributed by atoms with Gasteiger partial charge in [-0.2, -0.15) is 0 Å². The van der Waals surface area contributed by atoms with Gasteiger partial charge >= 0.3 is 5.97 Å². The number of hydrogen-bond donors (Lipinski definition) is 2. The first-order valence-electron chi connectivity index (χ1n) is 11.1. The van der Waals surface area contributed by atoms with E-state index in [2.05, 4.69) is 0 Å². The van der Waals surface area contributed by atoms with Crippen molar-refractivity contribution in [2.75, 3.05) is 13.2 Å². The van der Waals surface area contributed by atoms with Crippen molar-refractivity contribution in [3.8, 4) is 11.1 Å². The molecule has 7 heteroatoms. The quantitative estimate of drug-likeness (QED) is 0.606. The van der Waals surface area contributed by atoms with Crippen LogP contribution < -0.4 is 5.56 Å².